The molecule has 1 fully saturated rings. The average Bonchev–Trinajstić information content (AvgIpc) is 3.25. The number of carbonyl (C=O) groups is 1. The van der Waals surface area contributed by atoms with Crippen molar-refractivity contribution in [3.63, 3.8) is 0 Å². The molecule has 0 radical (unpaired) electrons. The van der Waals surface area contributed by atoms with E-state index in [1.807, 2.05) is 32.0 Å². The lowest BCUT2D eigenvalue weighted by Crippen LogP contribution is -2.27. The molecule has 7 heteroatoms. The lowest BCUT2D eigenvalue weighted by molar-refractivity contribution is 0.0723. The predicted molar refractivity (Wildman–Crippen MR) is 98.9 cm³/mol. The number of nitrogens with zero attached hydrogens (tertiary/aromatic N) is 2. The summed E-state index contributed by atoms with van der Waals surface area (Å²) in [7, 11) is -1.92. The van der Waals surface area contributed by atoms with E-state index in [0.717, 1.165) is 18.4 Å². The Morgan fingerprint density at radius 2 is 1.81 bits per heavy atom. The molecular formula is C19H24N2O4S. The number of hydrogen-bond donors (Lipinski definition) is 0. The molecule has 2 heterocycles. The van der Waals surface area contributed by atoms with Crippen molar-refractivity contribution in [1.82, 2.24) is 8.87 Å². The molecule has 2 aromatic rings. The van der Waals surface area contributed by atoms with Crippen LogP contribution < -0.4 is 4.74 Å². The van der Waals surface area contributed by atoms with Crippen LogP contribution in [0.5, 0.6) is 5.75 Å². The third-order valence-corrected chi connectivity index (χ3v) is 6.50. The molecule has 140 valence electrons. The Morgan fingerprint density at radius 1 is 1.15 bits per heavy atom. The number of para-hydroxylation sites is 1. The number of ether oxygens (including phenoxy) is 1. The topological polar surface area (TPSA) is 68.6 Å². The van der Waals surface area contributed by atoms with Gasteiger partial charge in [0.15, 0.2) is 0 Å². The largest absolute Gasteiger partial charge is 0.422 e. The zero-order valence-electron chi connectivity index (χ0n) is 15.3. The van der Waals surface area contributed by atoms with Gasteiger partial charge in [-0.05, 0) is 36.5 Å². The van der Waals surface area contributed by atoms with Gasteiger partial charge in [0.2, 0.25) is 10.0 Å². The highest BCUT2D eigenvalue weighted by atomic mass is 32.2. The van der Waals surface area contributed by atoms with Crippen LogP contribution in [0, 0.1) is 0 Å². The first kappa shape index (κ1) is 18.7. The highest BCUT2D eigenvalue weighted by molar-refractivity contribution is 7.89. The second-order valence-corrected chi connectivity index (χ2v) is 8.80. The van der Waals surface area contributed by atoms with Crippen molar-refractivity contribution in [3.05, 3.63) is 47.8 Å². The zero-order chi connectivity index (χ0) is 18.9. The molecule has 1 aliphatic rings. The van der Waals surface area contributed by atoms with Crippen molar-refractivity contribution in [1.29, 1.82) is 0 Å². The van der Waals surface area contributed by atoms with E-state index < -0.39 is 16.0 Å². The molecule has 0 spiro atoms. The third kappa shape index (κ3) is 3.54. The van der Waals surface area contributed by atoms with Gasteiger partial charge in [0.1, 0.15) is 16.3 Å². The van der Waals surface area contributed by atoms with Gasteiger partial charge in [0.05, 0.1) is 0 Å². The fourth-order valence-corrected chi connectivity index (χ4v) is 4.75. The summed E-state index contributed by atoms with van der Waals surface area (Å²) in [4.78, 5) is 12.8. The summed E-state index contributed by atoms with van der Waals surface area (Å²) in [6, 6.07) is 8.77. The molecule has 0 saturated carbocycles. The molecule has 26 heavy (non-hydrogen) atoms. The highest BCUT2D eigenvalue weighted by Crippen LogP contribution is 2.27. The van der Waals surface area contributed by atoms with Crippen molar-refractivity contribution in [2.24, 2.45) is 7.05 Å². The lowest BCUT2D eigenvalue weighted by Gasteiger charge is -2.13. The predicted octanol–water partition coefficient (Wildman–Crippen LogP) is 3.15. The van der Waals surface area contributed by atoms with Crippen LogP contribution in [0.2, 0.25) is 0 Å². The van der Waals surface area contributed by atoms with Gasteiger partial charge in [-0.3, -0.25) is 0 Å². The molecule has 1 aromatic carbocycles. The Hall–Kier alpha value is -2.12. The van der Waals surface area contributed by atoms with Crippen molar-refractivity contribution in [2.75, 3.05) is 13.1 Å². The number of benzene rings is 1. The highest BCUT2D eigenvalue weighted by Gasteiger charge is 2.30. The second kappa shape index (κ2) is 7.25. The first-order valence-corrected chi connectivity index (χ1v) is 10.2. The minimum atomic E-state index is -3.56. The van der Waals surface area contributed by atoms with Crippen LogP contribution in [0.3, 0.4) is 0 Å². The van der Waals surface area contributed by atoms with E-state index in [9.17, 15) is 13.2 Å². The summed E-state index contributed by atoms with van der Waals surface area (Å²) in [5.74, 6) is 0.139. The van der Waals surface area contributed by atoms with Crippen LogP contribution in [-0.4, -0.2) is 36.3 Å². The van der Waals surface area contributed by atoms with Gasteiger partial charge in [-0.15, -0.1) is 0 Å². The van der Waals surface area contributed by atoms with E-state index in [-0.39, 0.29) is 16.5 Å². The summed E-state index contributed by atoms with van der Waals surface area (Å²) in [6.07, 6.45) is 3.21. The van der Waals surface area contributed by atoms with Crippen LogP contribution in [0.1, 0.15) is 48.7 Å². The van der Waals surface area contributed by atoms with Gasteiger partial charge in [0.25, 0.3) is 0 Å². The smallest absolute Gasteiger partial charge is 0.360 e. The summed E-state index contributed by atoms with van der Waals surface area (Å²) in [6.45, 7) is 5.10. The molecule has 1 saturated heterocycles. The monoisotopic (exact) mass is 376 g/mol. The molecule has 0 amide bonds. The van der Waals surface area contributed by atoms with Crippen molar-refractivity contribution in [2.45, 2.75) is 37.5 Å². The van der Waals surface area contributed by atoms with E-state index in [4.69, 9.17) is 4.74 Å². The Balaban J connectivity index is 1.87. The molecule has 6 nitrogen and oxygen atoms in total. The van der Waals surface area contributed by atoms with Crippen LogP contribution in [0.15, 0.2) is 41.4 Å². The SMILES string of the molecule is CC(C)c1ccccc1OC(=O)c1cc(S(=O)(=O)N2CCCC2)cn1C. The molecule has 0 bridgehead atoms. The molecule has 1 aromatic heterocycles. The number of esters is 1. The van der Waals surface area contributed by atoms with Gasteiger partial charge >= 0.3 is 5.97 Å². The number of hydrogen-bond acceptors (Lipinski definition) is 4. The average molecular weight is 376 g/mol. The maximum atomic E-state index is 12.7. The van der Waals surface area contributed by atoms with E-state index in [1.54, 1.807) is 13.1 Å². The minimum Gasteiger partial charge on any atom is -0.422 e. The first-order valence-electron chi connectivity index (χ1n) is 8.78. The van der Waals surface area contributed by atoms with Crippen molar-refractivity contribution in [3.8, 4) is 5.75 Å². The number of aryl methyl sites for hydroxylation is 1. The van der Waals surface area contributed by atoms with Crippen LogP contribution >= 0.6 is 0 Å². The summed E-state index contributed by atoms with van der Waals surface area (Å²) < 4.78 is 33.9. The molecular weight excluding hydrogens is 352 g/mol. The van der Waals surface area contributed by atoms with Crippen molar-refractivity contribution < 1.29 is 17.9 Å². The van der Waals surface area contributed by atoms with Crippen molar-refractivity contribution >= 4 is 16.0 Å². The summed E-state index contributed by atoms with van der Waals surface area (Å²) >= 11 is 0. The Labute approximate surface area is 154 Å². The van der Waals surface area contributed by atoms with E-state index in [1.165, 1.54) is 21.1 Å². The number of sulfonamides is 1. The van der Waals surface area contributed by atoms with Gasteiger partial charge in [-0.2, -0.15) is 4.31 Å². The molecule has 0 aliphatic carbocycles. The maximum Gasteiger partial charge on any atom is 0.360 e. The number of rotatable bonds is 5. The fourth-order valence-electron chi connectivity index (χ4n) is 3.16. The molecule has 0 atom stereocenters. The molecule has 3 rings (SSSR count). The first-order chi connectivity index (χ1) is 12.3. The Kier molecular flexibility index (Phi) is 5.20. The second-order valence-electron chi connectivity index (χ2n) is 6.87. The zero-order valence-corrected chi connectivity index (χ0v) is 16.1. The van der Waals surface area contributed by atoms with Crippen LogP contribution in [0.4, 0.5) is 0 Å². The Bertz CT molecular complexity index is 909. The Morgan fingerprint density at radius 3 is 2.46 bits per heavy atom. The fraction of sp³-hybridized carbons (Fsp3) is 0.421. The minimum absolute atomic E-state index is 0.131. The van der Waals surface area contributed by atoms with Gasteiger partial charge < -0.3 is 9.30 Å². The maximum absolute atomic E-state index is 12.7. The van der Waals surface area contributed by atoms with E-state index in [0.29, 0.717) is 18.8 Å². The summed E-state index contributed by atoms with van der Waals surface area (Å²) in [5, 5.41) is 0. The van der Waals surface area contributed by atoms with Gasteiger partial charge in [-0.25, -0.2) is 13.2 Å². The lowest BCUT2D eigenvalue weighted by atomic mass is 10.0. The van der Waals surface area contributed by atoms with Gasteiger partial charge in [0, 0.05) is 26.3 Å². The molecule has 0 unspecified atom stereocenters. The van der Waals surface area contributed by atoms with Crippen LogP contribution in [0.25, 0.3) is 0 Å². The third-order valence-electron chi connectivity index (χ3n) is 4.64. The molecule has 0 N–H and O–H groups in total. The summed E-state index contributed by atoms with van der Waals surface area (Å²) in [5.41, 5.74) is 1.14. The normalized spacial score (nSPS) is 15.5. The van der Waals surface area contributed by atoms with Crippen LogP contribution in [-0.2, 0) is 17.1 Å². The molecule has 1 aliphatic heterocycles. The van der Waals surface area contributed by atoms with E-state index >= 15 is 0 Å². The quantitative estimate of drug-likeness (QED) is 0.594. The standard InChI is InChI=1S/C19H24N2O4S/c1-14(2)16-8-4-5-9-18(16)25-19(22)17-12-15(13-20(17)3)26(23,24)21-10-6-7-11-21/h4-5,8-9,12-14H,6-7,10-11H2,1-3H3. The number of carbonyl (C=O) groups excluding carboxylic acids is 1. The van der Waals surface area contributed by atoms with E-state index in [2.05, 4.69) is 0 Å². The van der Waals surface area contributed by atoms with Gasteiger partial charge in [-0.1, -0.05) is 32.0 Å². The number of aromatic nitrogens is 1.